The van der Waals surface area contributed by atoms with Crippen molar-refractivity contribution in [2.24, 2.45) is 5.41 Å². The standard InChI is InChI=1S/C22H21N3O4/c1-22(2,20(27)24-16-11-9-15(10-12-16)19(26)29-3)21(28)25-17-8-4-6-14-7-5-13-23-18(14)17/h4-13H,1-3H3,(H,24,27)(H,25,28). The van der Waals surface area contributed by atoms with E-state index < -0.39 is 23.2 Å². The van der Waals surface area contributed by atoms with Gasteiger partial charge in [0.1, 0.15) is 5.41 Å². The van der Waals surface area contributed by atoms with Crippen molar-refractivity contribution in [3.63, 3.8) is 0 Å². The predicted octanol–water partition coefficient (Wildman–Crippen LogP) is 3.62. The molecule has 0 atom stereocenters. The van der Waals surface area contributed by atoms with Gasteiger partial charge < -0.3 is 15.4 Å². The largest absolute Gasteiger partial charge is 0.465 e. The van der Waals surface area contributed by atoms with Crippen molar-refractivity contribution in [2.75, 3.05) is 17.7 Å². The second kappa shape index (κ2) is 8.10. The Morgan fingerprint density at radius 1 is 0.897 bits per heavy atom. The number of fused-ring (bicyclic) bond motifs is 1. The number of carbonyl (C=O) groups is 3. The average molecular weight is 391 g/mol. The quantitative estimate of drug-likeness (QED) is 0.511. The topological polar surface area (TPSA) is 97.4 Å². The molecule has 3 rings (SSSR count). The molecule has 0 saturated carbocycles. The summed E-state index contributed by atoms with van der Waals surface area (Å²) in [6.07, 6.45) is 1.65. The van der Waals surface area contributed by atoms with Crippen molar-refractivity contribution in [1.29, 1.82) is 0 Å². The van der Waals surface area contributed by atoms with Gasteiger partial charge in [0, 0.05) is 17.3 Å². The van der Waals surface area contributed by atoms with Crippen LogP contribution in [0.15, 0.2) is 60.8 Å². The molecule has 148 valence electrons. The third-order valence-electron chi connectivity index (χ3n) is 4.58. The minimum absolute atomic E-state index is 0.367. The number of anilines is 2. The molecule has 0 fully saturated rings. The second-order valence-corrected chi connectivity index (χ2v) is 6.98. The number of nitrogens with one attached hydrogen (secondary N) is 2. The van der Waals surface area contributed by atoms with Crippen LogP contribution in [0, 0.1) is 5.41 Å². The van der Waals surface area contributed by atoms with E-state index in [1.54, 1.807) is 38.2 Å². The summed E-state index contributed by atoms with van der Waals surface area (Å²) in [6.45, 7) is 3.08. The first-order valence-corrected chi connectivity index (χ1v) is 8.98. The second-order valence-electron chi connectivity index (χ2n) is 6.98. The summed E-state index contributed by atoms with van der Waals surface area (Å²) in [7, 11) is 1.30. The van der Waals surface area contributed by atoms with E-state index in [1.165, 1.54) is 19.2 Å². The molecule has 2 N–H and O–H groups in total. The van der Waals surface area contributed by atoms with E-state index in [9.17, 15) is 14.4 Å². The Morgan fingerprint density at radius 2 is 1.55 bits per heavy atom. The van der Waals surface area contributed by atoms with Crippen molar-refractivity contribution in [2.45, 2.75) is 13.8 Å². The first-order valence-electron chi connectivity index (χ1n) is 8.98. The van der Waals surface area contributed by atoms with Crippen molar-refractivity contribution < 1.29 is 19.1 Å². The van der Waals surface area contributed by atoms with Gasteiger partial charge in [-0.3, -0.25) is 14.6 Å². The zero-order valence-corrected chi connectivity index (χ0v) is 16.4. The molecule has 0 aliphatic carbocycles. The van der Waals surface area contributed by atoms with Crippen LogP contribution in [0.3, 0.4) is 0 Å². The number of rotatable bonds is 5. The lowest BCUT2D eigenvalue weighted by molar-refractivity contribution is -0.135. The fourth-order valence-electron chi connectivity index (χ4n) is 2.68. The molecule has 0 aliphatic heterocycles. The van der Waals surface area contributed by atoms with Gasteiger partial charge in [-0.1, -0.05) is 18.2 Å². The number of amides is 2. The molecule has 29 heavy (non-hydrogen) atoms. The highest BCUT2D eigenvalue weighted by Gasteiger charge is 2.36. The van der Waals surface area contributed by atoms with Crippen LogP contribution in [-0.2, 0) is 14.3 Å². The third-order valence-corrected chi connectivity index (χ3v) is 4.58. The van der Waals surface area contributed by atoms with Crippen molar-refractivity contribution >= 4 is 40.1 Å². The van der Waals surface area contributed by atoms with E-state index in [2.05, 4.69) is 20.4 Å². The lowest BCUT2D eigenvalue weighted by atomic mass is 9.90. The Morgan fingerprint density at radius 3 is 2.24 bits per heavy atom. The maximum atomic E-state index is 12.8. The van der Waals surface area contributed by atoms with Gasteiger partial charge in [-0.2, -0.15) is 0 Å². The monoisotopic (exact) mass is 391 g/mol. The third kappa shape index (κ3) is 4.24. The number of para-hydroxylation sites is 1. The highest BCUT2D eigenvalue weighted by Crippen LogP contribution is 2.25. The van der Waals surface area contributed by atoms with E-state index in [1.807, 2.05) is 24.3 Å². The first-order chi connectivity index (χ1) is 13.8. The summed E-state index contributed by atoms with van der Waals surface area (Å²) in [5.74, 6) is -1.40. The molecule has 0 radical (unpaired) electrons. The Hall–Kier alpha value is -3.74. The number of aromatic nitrogens is 1. The van der Waals surface area contributed by atoms with E-state index in [-0.39, 0.29) is 0 Å². The molecule has 7 heteroatoms. The smallest absolute Gasteiger partial charge is 0.337 e. The SMILES string of the molecule is COC(=O)c1ccc(NC(=O)C(C)(C)C(=O)Nc2cccc3cccnc23)cc1. The van der Waals surface area contributed by atoms with E-state index in [0.717, 1.165) is 5.39 Å². The van der Waals surface area contributed by atoms with Crippen LogP contribution in [0.2, 0.25) is 0 Å². The minimum Gasteiger partial charge on any atom is -0.465 e. The number of ether oxygens (including phenoxy) is 1. The van der Waals surface area contributed by atoms with Gasteiger partial charge in [0.2, 0.25) is 11.8 Å². The van der Waals surface area contributed by atoms with Gasteiger partial charge in [0.25, 0.3) is 0 Å². The van der Waals surface area contributed by atoms with Gasteiger partial charge in [-0.15, -0.1) is 0 Å². The predicted molar refractivity (Wildman–Crippen MR) is 111 cm³/mol. The van der Waals surface area contributed by atoms with Crippen molar-refractivity contribution in [3.05, 3.63) is 66.4 Å². The summed E-state index contributed by atoms with van der Waals surface area (Å²) in [5.41, 5.74) is 0.675. The van der Waals surface area contributed by atoms with Crippen LogP contribution in [0.4, 0.5) is 11.4 Å². The zero-order valence-electron chi connectivity index (χ0n) is 16.4. The molecule has 0 bridgehead atoms. The maximum Gasteiger partial charge on any atom is 0.337 e. The number of pyridine rings is 1. The summed E-state index contributed by atoms with van der Waals surface area (Å²) in [5, 5.41) is 6.39. The Kier molecular flexibility index (Phi) is 5.59. The van der Waals surface area contributed by atoms with E-state index >= 15 is 0 Å². The van der Waals surface area contributed by atoms with Crippen molar-refractivity contribution in [3.8, 4) is 0 Å². The Balaban J connectivity index is 1.74. The van der Waals surface area contributed by atoms with Gasteiger partial charge >= 0.3 is 5.97 Å². The Bertz CT molecular complexity index is 1070. The van der Waals surface area contributed by atoms with Gasteiger partial charge in [-0.25, -0.2) is 4.79 Å². The van der Waals surface area contributed by atoms with Crippen LogP contribution >= 0.6 is 0 Å². The first kappa shape index (κ1) is 20.0. The van der Waals surface area contributed by atoms with Crippen LogP contribution in [-0.4, -0.2) is 29.9 Å². The highest BCUT2D eigenvalue weighted by molar-refractivity contribution is 6.15. The highest BCUT2D eigenvalue weighted by atomic mass is 16.5. The molecule has 0 unspecified atom stereocenters. The number of methoxy groups -OCH3 is 1. The van der Waals surface area contributed by atoms with Gasteiger partial charge in [0.05, 0.1) is 23.9 Å². The number of carbonyl (C=O) groups excluding carboxylic acids is 3. The molecule has 2 amide bonds. The maximum absolute atomic E-state index is 12.8. The molecular formula is C22H21N3O4. The summed E-state index contributed by atoms with van der Waals surface area (Å²) >= 11 is 0. The number of benzene rings is 2. The number of hydrogen-bond acceptors (Lipinski definition) is 5. The van der Waals surface area contributed by atoms with Crippen LogP contribution in [0.25, 0.3) is 10.9 Å². The van der Waals surface area contributed by atoms with Gasteiger partial charge in [0.15, 0.2) is 0 Å². The number of nitrogens with zero attached hydrogens (tertiary/aromatic N) is 1. The van der Waals surface area contributed by atoms with Crippen molar-refractivity contribution in [1.82, 2.24) is 4.98 Å². The molecule has 7 nitrogen and oxygen atoms in total. The normalized spacial score (nSPS) is 11.0. The van der Waals surface area contributed by atoms with E-state index in [0.29, 0.717) is 22.5 Å². The lowest BCUT2D eigenvalue weighted by Gasteiger charge is -2.23. The van der Waals surface area contributed by atoms with Crippen LogP contribution in [0.1, 0.15) is 24.2 Å². The molecular weight excluding hydrogens is 370 g/mol. The van der Waals surface area contributed by atoms with Crippen LogP contribution in [0.5, 0.6) is 0 Å². The van der Waals surface area contributed by atoms with E-state index in [4.69, 9.17) is 0 Å². The summed E-state index contributed by atoms with van der Waals surface area (Å²) in [6, 6.07) is 15.4. The molecule has 1 aromatic heterocycles. The molecule has 0 aliphatic rings. The molecule has 2 aromatic carbocycles. The number of hydrogen-bond donors (Lipinski definition) is 2. The average Bonchev–Trinajstić information content (AvgIpc) is 2.73. The summed E-state index contributed by atoms with van der Waals surface area (Å²) < 4.78 is 4.65. The zero-order chi connectivity index (χ0) is 21.0. The fraction of sp³-hybridized carbons (Fsp3) is 0.182. The fourth-order valence-corrected chi connectivity index (χ4v) is 2.68. The minimum atomic E-state index is -1.35. The molecule has 0 spiro atoms. The Labute approximate surface area is 168 Å². The van der Waals surface area contributed by atoms with Crippen LogP contribution < -0.4 is 10.6 Å². The lowest BCUT2D eigenvalue weighted by Crippen LogP contribution is -2.41. The summed E-state index contributed by atoms with van der Waals surface area (Å²) in [4.78, 5) is 41.4. The molecule has 3 aromatic rings. The number of esters is 1. The molecule has 1 heterocycles. The molecule has 0 saturated heterocycles. The van der Waals surface area contributed by atoms with Gasteiger partial charge in [-0.05, 0) is 50.2 Å².